The molecule has 5 heterocycles. The molecule has 0 saturated carbocycles. The summed E-state index contributed by atoms with van der Waals surface area (Å²) < 4.78 is 5.51. The summed E-state index contributed by atoms with van der Waals surface area (Å²) in [7, 11) is 0. The van der Waals surface area contributed by atoms with Crippen molar-refractivity contribution in [2.45, 2.75) is 63.1 Å². The Morgan fingerprint density at radius 1 is 1.07 bits per heavy atom. The molecule has 0 aromatic carbocycles. The standard InChI is InChI=1S/C21H40N6O2/c1-3-16(13-22-7-1)15-27-8-2-4-18(27)21-24-20(25-29-21)17-5-6-19(23-14-17)26-9-11-28-12-10-26/h16-25H,1-15H2/p+2. The van der Waals surface area contributed by atoms with Gasteiger partial charge in [-0.25, -0.2) is 4.90 Å². The molecule has 7 unspecified atom stereocenters. The summed E-state index contributed by atoms with van der Waals surface area (Å²) in [5, 5.41) is 9.98. The Kier molecular flexibility index (Phi) is 7.00. The lowest BCUT2D eigenvalue weighted by molar-refractivity contribution is -0.919. The van der Waals surface area contributed by atoms with E-state index in [4.69, 9.17) is 9.57 Å². The van der Waals surface area contributed by atoms with Gasteiger partial charge in [0.2, 0.25) is 0 Å². The molecule has 8 heteroatoms. The normalized spacial score (nSPS) is 44.9. The summed E-state index contributed by atoms with van der Waals surface area (Å²) in [5.41, 5.74) is 3.38. The molecular weight excluding hydrogens is 368 g/mol. The van der Waals surface area contributed by atoms with Crippen LogP contribution in [0.3, 0.4) is 0 Å². The molecule has 5 aliphatic rings. The number of nitrogens with one attached hydrogen (secondary N) is 4. The van der Waals surface area contributed by atoms with Gasteiger partial charge < -0.3 is 20.3 Å². The lowest BCUT2D eigenvalue weighted by Crippen LogP contribution is -3.16. The highest BCUT2D eigenvalue weighted by Gasteiger charge is 2.44. The summed E-state index contributed by atoms with van der Waals surface area (Å²) in [6.45, 7) is 10.2. The highest BCUT2D eigenvalue weighted by atomic mass is 16.7. The number of hydrogen-bond acceptors (Lipinski definition) is 6. The van der Waals surface area contributed by atoms with Gasteiger partial charge in [0.05, 0.1) is 39.0 Å². The first-order valence-electron chi connectivity index (χ1n) is 12.2. The molecular formula is C21H42N6O2+2. The van der Waals surface area contributed by atoms with Gasteiger partial charge in [-0.1, -0.05) is 0 Å². The van der Waals surface area contributed by atoms with Crippen molar-refractivity contribution in [3.8, 4) is 0 Å². The number of likely N-dealkylation sites (tertiary alicyclic amines) is 1. The van der Waals surface area contributed by atoms with Crippen LogP contribution < -0.4 is 26.3 Å². The highest BCUT2D eigenvalue weighted by molar-refractivity contribution is 4.84. The van der Waals surface area contributed by atoms with Crippen molar-refractivity contribution in [3.63, 3.8) is 0 Å². The summed E-state index contributed by atoms with van der Waals surface area (Å²) in [6, 6.07) is 0.600. The van der Waals surface area contributed by atoms with Crippen molar-refractivity contribution < 1.29 is 19.8 Å². The van der Waals surface area contributed by atoms with E-state index in [-0.39, 0.29) is 6.23 Å². The monoisotopic (exact) mass is 410 g/mol. The Morgan fingerprint density at radius 2 is 2.00 bits per heavy atom. The van der Waals surface area contributed by atoms with E-state index in [1.54, 1.807) is 4.90 Å². The molecule has 6 N–H and O–H groups in total. The first-order chi connectivity index (χ1) is 14.4. The van der Waals surface area contributed by atoms with Crippen molar-refractivity contribution in [2.24, 2.45) is 11.8 Å². The van der Waals surface area contributed by atoms with Crippen LogP contribution in [-0.4, -0.2) is 88.5 Å². The largest absolute Gasteiger partial charge is 0.379 e. The van der Waals surface area contributed by atoms with Gasteiger partial charge in [-0.15, -0.1) is 0 Å². The van der Waals surface area contributed by atoms with Crippen LogP contribution in [0.15, 0.2) is 0 Å². The van der Waals surface area contributed by atoms with E-state index in [2.05, 4.69) is 26.3 Å². The van der Waals surface area contributed by atoms with Crippen molar-refractivity contribution in [3.05, 3.63) is 0 Å². The van der Waals surface area contributed by atoms with Gasteiger partial charge in [-0.3, -0.25) is 10.2 Å². The first kappa shape index (κ1) is 20.6. The Hall–Kier alpha value is -0.320. The quantitative estimate of drug-likeness (QED) is 0.343. The molecule has 0 aliphatic carbocycles. The van der Waals surface area contributed by atoms with Crippen LogP contribution in [0.4, 0.5) is 0 Å². The molecule has 0 aromatic heterocycles. The zero-order valence-electron chi connectivity index (χ0n) is 17.9. The topological polar surface area (TPSA) is 78.8 Å². The molecule has 7 atom stereocenters. The number of quaternary nitrogens is 2. The molecule has 0 amide bonds. The van der Waals surface area contributed by atoms with Gasteiger partial charge in [0.25, 0.3) is 0 Å². The Labute approximate surface area is 175 Å². The highest BCUT2D eigenvalue weighted by Crippen LogP contribution is 2.20. The van der Waals surface area contributed by atoms with E-state index in [9.17, 15) is 0 Å². The molecule has 0 radical (unpaired) electrons. The maximum Gasteiger partial charge on any atom is 0.183 e. The molecule has 0 spiro atoms. The van der Waals surface area contributed by atoms with E-state index in [1.165, 1.54) is 71.2 Å². The lowest BCUT2D eigenvalue weighted by Gasteiger charge is -2.37. The number of hydrogen-bond donors (Lipinski definition) is 5. The van der Waals surface area contributed by atoms with Crippen LogP contribution in [0.2, 0.25) is 0 Å². The first-order valence-corrected chi connectivity index (χ1v) is 12.2. The van der Waals surface area contributed by atoms with Gasteiger partial charge >= 0.3 is 0 Å². The van der Waals surface area contributed by atoms with Gasteiger partial charge in [0.1, 0.15) is 12.2 Å². The molecule has 166 valence electrons. The van der Waals surface area contributed by atoms with Crippen molar-refractivity contribution >= 4 is 0 Å². The summed E-state index contributed by atoms with van der Waals surface area (Å²) in [6.07, 6.45) is 9.03. The van der Waals surface area contributed by atoms with Gasteiger partial charge in [-0.05, 0) is 25.8 Å². The molecule has 0 aromatic rings. The third-order valence-electron chi connectivity index (χ3n) is 8.05. The van der Waals surface area contributed by atoms with Crippen LogP contribution in [0.1, 0.15) is 38.5 Å². The molecule has 5 saturated heterocycles. The molecule has 29 heavy (non-hydrogen) atoms. The molecule has 8 nitrogen and oxygen atoms in total. The van der Waals surface area contributed by atoms with E-state index >= 15 is 0 Å². The maximum absolute atomic E-state index is 6.13. The van der Waals surface area contributed by atoms with E-state index in [0.717, 1.165) is 32.2 Å². The van der Waals surface area contributed by atoms with Crippen molar-refractivity contribution in [1.82, 2.24) is 21.0 Å². The smallest absolute Gasteiger partial charge is 0.183 e. The molecule has 5 aliphatic heterocycles. The summed E-state index contributed by atoms with van der Waals surface area (Å²) in [4.78, 5) is 10.5. The fraction of sp³-hybridized carbons (Fsp3) is 1.00. The van der Waals surface area contributed by atoms with Crippen LogP contribution in [0.25, 0.3) is 0 Å². The Balaban J connectivity index is 1.09. The average molecular weight is 411 g/mol. The van der Waals surface area contributed by atoms with Crippen LogP contribution in [0.5, 0.6) is 0 Å². The third kappa shape index (κ3) is 4.96. The molecule has 5 fully saturated rings. The minimum absolute atomic E-state index is 0.172. The zero-order valence-corrected chi connectivity index (χ0v) is 17.9. The van der Waals surface area contributed by atoms with Crippen molar-refractivity contribution in [2.75, 3.05) is 59.0 Å². The second-order valence-corrected chi connectivity index (χ2v) is 9.90. The summed E-state index contributed by atoms with van der Waals surface area (Å²) in [5.74, 6) is 1.49. The van der Waals surface area contributed by atoms with Crippen LogP contribution >= 0.6 is 0 Å². The van der Waals surface area contributed by atoms with E-state index in [0.29, 0.717) is 24.3 Å². The zero-order chi connectivity index (χ0) is 19.5. The number of rotatable bonds is 5. The predicted octanol–water partition coefficient (Wildman–Crippen LogP) is -2.56. The van der Waals surface area contributed by atoms with Crippen LogP contribution in [0, 0.1) is 11.8 Å². The lowest BCUT2D eigenvalue weighted by atomic mass is 9.94. The molecule has 5 rings (SSSR count). The SMILES string of the molecule is C1CNCC(C[NH+]2CCCC2C2NC(C3CCC(N4CCOCC4)[NH2+]C3)NO2)C1. The maximum atomic E-state index is 6.13. The van der Waals surface area contributed by atoms with Gasteiger partial charge in [0.15, 0.2) is 6.23 Å². The second kappa shape index (κ2) is 9.87. The Bertz CT molecular complexity index is 505. The number of hydroxylamine groups is 1. The minimum Gasteiger partial charge on any atom is -0.379 e. The molecule has 0 bridgehead atoms. The Morgan fingerprint density at radius 3 is 2.79 bits per heavy atom. The number of piperidine rings is 2. The van der Waals surface area contributed by atoms with Gasteiger partial charge in [-0.2, -0.15) is 5.48 Å². The third-order valence-corrected chi connectivity index (χ3v) is 8.05. The van der Waals surface area contributed by atoms with Gasteiger partial charge in [0, 0.05) is 50.7 Å². The predicted molar refractivity (Wildman–Crippen MR) is 110 cm³/mol. The van der Waals surface area contributed by atoms with E-state index < -0.39 is 0 Å². The number of morpholine rings is 1. The second-order valence-electron chi connectivity index (χ2n) is 9.90. The average Bonchev–Trinajstić information content (AvgIpc) is 3.45. The van der Waals surface area contributed by atoms with Crippen molar-refractivity contribution in [1.29, 1.82) is 0 Å². The summed E-state index contributed by atoms with van der Waals surface area (Å²) >= 11 is 0. The fourth-order valence-corrected chi connectivity index (χ4v) is 6.34. The minimum atomic E-state index is 0.172. The fourth-order valence-electron chi connectivity index (χ4n) is 6.34. The van der Waals surface area contributed by atoms with Crippen LogP contribution in [-0.2, 0) is 9.57 Å². The number of nitrogens with two attached hydrogens (primary N) is 1. The number of nitrogens with zero attached hydrogens (tertiary/aromatic N) is 1. The van der Waals surface area contributed by atoms with E-state index in [1.807, 2.05) is 0 Å². The number of ether oxygens (including phenoxy) is 1.